The van der Waals surface area contributed by atoms with Crippen LogP contribution in [0.3, 0.4) is 0 Å². The molecule has 7 heteroatoms. The molecule has 0 bridgehead atoms. The van der Waals surface area contributed by atoms with Crippen molar-refractivity contribution in [1.29, 1.82) is 0 Å². The number of rotatable bonds is 9. The molecule has 0 saturated carbocycles. The van der Waals surface area contributed by atoms with Gasteiger partial charge in [-0.25, -0.2) is 4.99 Å². The van der Waals surface area contributed by atoms with E-state index in [2.05, 4.69) is 0 Å². The second kappa shape index (κ2) is 14.5. The van der Waals surface area contributed by atoms with Gasteiger partial charge >= 0.3 is 7.40 Å². The maximum Gasteiger partial charge on any atom is 0.678 e. The minimum Gasteiger partial charge on any atom is -0.497 e. The molecule has 1 aliphatic rings. The van der Waals surface area contributed by atoms with Crippen molar-refractivity contribution < 1.29 is 18.1 Å². The van der Waals surface area contributed by atoms with Crippen LogP contribution in [-0.4, -0.2) is 31.8 Å². The molecular formula is C47H37BF2N2O2. The highest BCUT2D eigenvalue weighted by Gasteiger charge is 2.34. The van der Waals surface area contributed by atoms with Crippen molar-refractivity contribution in [2.24, 2.45) is 4.99 Å². The lowest BCUT2D eigenvalue weighted by molar-refractivity contribution is 0.414. The topological polar surface area (TPSA) is 35.8 Å². The fourth-order valence-corrected chi connectivity index (χ4v) is 7.20. The van der Waals surface area contributed by atoms with Gasteiger partial charge in [0.05, 0.1) is 31.3 Å². The Labute approximate surface area is 314 Å². The molecule has 1 aromatic heterocycles. The van der Waals surface area contributed by atoms with Gasteiger partial charge in [-0.15, -0.1) is 0 Å². The minimum absolute atomic E-state index is 0.384. The van der Waals surface area contributed by atoms with Crippen LogP contribution in [0.15, 0.2) is 162 Å². The maximum atomic E-state index is 16.1. The van der Waals surface area contributed by atoms with Crippen LogP contribution in [0.2, 0.25) is 0 Å². The maximum absolute atomic E-state index is 16.1. The Kier molecular flexibility index (Phi) is 9.30. The van der Waals surface area contributed by atoms with Gasteiger partial charge in [-0.3, -0.25) is 8.63 Å². The molecule has 8 rings (SSSR count). The third-order valence-corrected chi connectivity index (χ3v) is 10.0. The Hall–Kier alpha value is -6.47. The summed E-state index contributed by atoms with van der Waals surface area (Å²) in [5.41, 5.74) is 10.4. The number of fused-ring (bicyclic) bond motifs is 1. The van der Waals surface area contributed by atoms with Gasteiger partial charge in [-0.05, 0) is 95.4 Å². The number of aliphatic imine (C=N–C) groups is 1. The van der Waals surface area contributed by atoms with Gasteiger partial charge in [-0.2, -0.15) is 0 Å². The van der Waals surface area contributed by atoms with Crippen LogP contribution >= 0.6 is 0 Å². The molecule has 0 unspecified atom stereocenters. The van der Waals surface area contributed by atoms with E-state index in [9.17, 15) is 0 Å². The van der Waals surface area contributed by atoms with E-state index in [0.717, 1.165) is 55.5 Å². The zero-order valence-corrected chi connectivity index (χ0v) is 30.5. The summed E-state index contributed by atoms with van der Waals surface area (Å²) < 4.78 is 44.4. The lowest BCUT2D eigenvalue weighted by atomic mass is 9.88. The molecule has 0 radical (unpaired) electrons. The number of ether oxygens (including phenoxy) is 2. The lowest BCUT2D eigenvalue weighted by Crippen LogP contribution is -2.18. The van der Waals surface area contributed by atoms with Crippen molar-refractivity contribution in [2.45, 2.75) is 13.8 Å². The van der Waals surface area contributed by atoms with E-state index in [1.807, 2.05) is 166 Å². The van der Waals surface area contributed by atoms with Crippen LogP contribution in [-0.2, 0) is 0 Å². The van der Waals surface area contributed by atoms with Crippen LogP contribution < -0.4 is 9.47 Å². The quantitative estimate of drug-likeness (QED) is 0.140. The number of hydrogen-bond donors (Lipinski definition) is 0. The fraction of sp³-hybridized carbons (Fsp3) is 0.0851. The summed E-state index contributed by atoms with van der Waals surface area (Å²) >= 11 is 0. The average Bonchev–Trinajstić information content (AvgIpc) is 3.82. The van der Waals surface area contributed by atoms with Crippen LogP contribution in [0.25, 0.3) is 44.3 Å². The molecule has 0 amide bonds. The number of methoxy groups -OCH3 is 2. The van der Waals surface area contributed by atoms with Gasteiger partial charge < -0.3 is 14.0 Å². The van der Waals surface area contributed by atoms with Gasteiger partial charge in [0.15, 0.2) is 0 Å². The van der Waals surface area contributed by atoms with Crippen molar-refractivity contribution in [1.82, 2.24) is 4.48 Å². The summed E-state index contributed by atoms with van der Waals surface area (Å²) in [6, 6.07) is 47.4. The first kappa shape index (κ1) is 34.6. The summed E-state index contributed by atoms with van der Waals surface area (Å²) in [6.07, 6.45) is 2.05. The molecule has 0 N–H and O–H groups in total. The number of halogens is 2. The second-order valence-corrected chi connectivity index (χ2v) is 13.4. The van der Waals surface area contributed by atoms with Gasteiger partial charge in [0.1, 0.15) is 11.5 Å². The number of allylic oxidation sites excluding steroid dienone is 2. The third kappa shape index (κ3) is 6.43. The minimum atomic E-state index is -2.87. The molecule has 54 heavy (non-hydrogen) atoms. The standard InChI is InChI=1S/C47H37BF2N2O2/c1-30-12-16-34(17-13-30)42-29-44(36-18-14-31(2)15-19-36)52(48(49)50)47(42)45(40-11-7-9-32-8-5-6-10-39(32)40)46-41(33-20-24-37(53-3)25-21-33)28-43(51-46)35-22-26-38(54-4)27-23-35/h5-29H,1-4H3/b46-45-. The molecule has 264 valence electrons. The number of aryl methyl sites for hydroxylation is 2. The summed E-state index contributed by atoms with van der Waals surface area (Å²) in [5.74, 6) is 1.44. The Morgan fingerprint density at radius 3 is 1.78 bits per heavy atom. The van der Waals surface area contributed by atoms with Crippen molar-refractivity contribution in [3.05, 3.63) is 191 Å². The van der Waals surface area contributed by atoms with E-state index >= 15 is 8.63 Å². The predicted octanol–water partition coefficient (Wildman–Crippen LogP) is 11.7. The van der Waals surface area contributed by atoms with Gasteiger partial charge in [0.25, 0.3) is 0 Å². The summed E-state index contributed by atoms with van der Waals surface area (Å²) in [7, 11) is 0.395. The molecule has 6 aromatic carbocycles. The molecule has 0 spiro atoms. The largest absolute Gasteiger partial charge is 0.678 e. The molecule has 1 aliphatic heterocycles. The van der Waals surface area contributed by atoms with E-state index in [-0.39, 0.29) is 0 Å². The highest BCUT2D eigenvalue weighted by Crippen LogP contribution is 2.47. The average molecular weight is 711 g/mol. The molecule has 0 atom stereocenters. The van der Waals surface area contributed by atoms with Crippen LogP contribution in [0.1, 0.15) is 33.5 Å². The van der Waals surface area contributed by atoms with Crippen LogP contribution in [0, 0.1) is 13.8 Å². The molecule has 2 heterocycles. The molecule has 0 fully saturated rings. The molecule has 7 aromatic rings. The fourth-order valence-electron chi connectivity index (χ4n) is 7.20. The Bertz CT molecular complexity index is 2580. The lowest BCUT2D eigenvalue weighted by Gasteiger charge is -2.20. The summed E-state index contributed by atoms with van der Waals surface area (Å²) in [4.78, 5) is 5.39. The van der Waals surface area contributed by atoms with Crippen molar-refractivity contribution in [3.63, 3.8) is 0 Å². The predicted molar refractivity (Wildman–Crippen MR) is 219 cm³/mol. The van der Waals surface area contributed by atoms with E-state index in [4.69, 9.17) is 14.5 Å². The van der Waals surface area contributed by atoms with E-state index in [0.29, 0.717) is 45.2 Å². The molecule has 0 saturated heterocycles. The van der Waals surface area contributed by atoms with Crippen molar-refractivity contribution in [2.75, 3.05) is 14.2 Å². The number of nitrogens with zero attached hydrogens (tertiary/aromatic N) is 2. The summed E-state index contributed by atoms with van der Waals surface area (Å²) in [6.45, 7) is 4.02. The number of benzene rings is 6. The third-order valence-electron chi connectivity index (χ3n) is 10.0. The zero-order chi connectivity index (χ0) is 37.3. The van der Waals surface area contributed by atoms with E-state index < -0.39 is 7.40 Å². The molecule has 4 nitrogen and oxygen atoms in total. The number of aromatic nitrogens is 1. The first-order chi connectivity index (χ1) is 26.3. The highest BCUT2D eigenvalue weighted by molar-refractivity contribution is 6.43. The van der Waals surface area contributed by atoms with Gasteiger partial charge in [0.2, 0.25) is 0 Å². The Morgan fingerprint density at radius 1 is 0.611 bits per heavy atom. The smallest absolute Gasteiger partial charge is 0.497 e. The highest BCUT2D eigenvalue weighted by atomic mass is 19.2. The van der Waals surface area contributed by atoms with E-state index in [1.54, 1.807) is 14.2 Å². The van der Waals surface area contributed by atoms with Gasteiger partial charge in [-0.1, -0.05) is 114 Å². The molecule has 0 aliphatic carbocycles. The summed E-state index contributed by atoms with van der Waals surface area (Å²) in [5, 5.41) is 1.92. The zero-order valence-electron chi connectivity index (χ0n) is 30.5. The van der Waals surface area contributed by atoms with E-state index in [1.165, 1.54) is 4.48 Å². The van der Waals surface area contributed by atoms with Crippen molar-refractivity contribution in [3.8, 4) is 33.9 Å². The first-order valence-electron chi connectivity index (χ1n) is 17.8. The van der Waals surface area contributed by atoms with Gasteiger partial charge in [0, 0.05) is 28.0 Å². The monoisotopic (exact) mass is 710 g/mol. The van der Waals surface area contributed by atoms with Crippen molar-refractivity contribution >= 4 is 35.0 Å². The Morgan fingerprint density at radius 2 is 1.17 bits per heavy atom. The second-order valence-electron chi connectivity index (χ2n) is 13.4. The normalized spacial score (nSPS) is 13.4. The van der Waals surface area contributed by atoms with Crippen LogP contribution in [0.5, 0.6) is 11.5 Å². The SMILES string of the molecule is COc1ccc(C2=CC(c3ccc(OC)cc3)=N/C2=C(/c2cccc3ccccc23)c2c(-c3ccc(C)cc3)cc(-c3ccc(C)cc3)n2B(F)F)cc1. The van der Waals surface area contributed by atoms with Crippen LogP contribution in [0.4, 0.5) is 8.63 Å². The number of hydrogen-bond acceptors (Lipinski definition) is 3. The molecular weight excluding hydrogens is 673 g/mol. The first-order valence-corrected chi connectivity index (χ1v) is 17.8. The Balaban J connectivity index is 1.54.